The fourth-order valence-electron chi connectivity index (χ4n) is 1.99. The quantitative estimate of drug-likeness (QED) is 0.859. The van der Waals surface area contributed by atoms with E-state index in [1.165, 1.54) is 23.1 Å². The monoisotopic (exact) mass is 282 g/mol. The van der Waals surface area contributed by atoms with E-state index in [0.717, 1.165) is 0 Å². The molecule has 1 fully saturated rings. The molecule has 1 aromatic rings. The Morgan fingerprint density at radius 3 is 2.58 bits per heavy atom. The van der Waals surface area contributed by atoms with Gasteiger partial charge >= 0.3 is 5.97 Å². The number of hydrogen-bond donors (Lipinski definition) is 2. The summed E-state index contributed by atoms with van der Waals surface area (Å²) in [6.07, 6.45) is 0.0631. The lowest BCUT2D eigenvalue weighted by molar-refractivity contribution is -0.123. The van der Waals surface area contributed by atoms with Gasteiger partial charge < -0.3 is 15.7 Å². The van der Waals surface area contributed by atoms with Crippen LogP contribution < -0.4 is 10.6 Å². The van der Waals surface area contributed by atoms with Gasteiger partial charge in [0.15, 0.2) is 0 Å². The van der Waals surface area contributed by atoms with Gasteiger partial charge in [0.25, 0.3) is 0 Å². The molecule has 19 heavy (non-hydrogen) atoms. The van der Waals surface area contributed by atoms with Gasteiger partial charge in [-0.15, -0.1) is 0 Å². The standard InChI is InChI=1S/C12H11ClN2O4/c13-9-4-7(1-2-8(9)12(18)19)15-5-6(11(14)17)3-10(15)16/h1-2,4,6H,3,5H2,(H2,14,17)(H,18,19). The first-order chi connectivity index (χ1) is 8.90. The number of primary amides is 1. The first-order valence-corrected chi connectivity index (χ1v) is 5.90. The number of carboxylic acids is 1. The van der Waals surface area contributed by atoms with Crippen molar-refractivity contribution in [2.75, 3.05) is 11.4 Å². The Morgan fingerprint density at radius 2 is 2.11 bits per heavy atom. The lowest BCUT2D eigenvalue weighted by Crippen LogP contribution is -2.28. The summed E-state index contributed by atoms with van der Waals surface area (Å²) < 4.78 is 0. The molecule has 0 aliphatic carbocycles. The first-order valence-electron chi connectivity index (χ1n) is 5.52. The molecule has 7 heteroatoms. The van der Waals surface area contributed by atoms with Crippen LogP contribution >= 0.6 is 11.6 Å². The predicted molar refractivity (Wildman–Crippen MR) is 68.1 cm³/mol. The molecule has 0 radical (unpaired) electrons. The molecular weight excluding hydrogens is 272 g/mol. The molecule has 1 aliphatic heterocycles. The van der Waals surface area contributed by atoms with Gasteiger partial charge in [0.05, 0.1) is 16.5 Å². The number of carbonyl (C=O) groups excluding carboxylic acids is 2. The maximum absolute atomic E-state index is 11.8. The molecule has 0 spiro atoms. The molecule has 1 heterocycles. The van der Waals surface area contributed by atoms with Crippen molar-refractivity contribution >= 4 is 35.1 Å². The van der Waals surface area contributed by atoms with E-state index in [9.17, 15) is 14.4 Å². The fourth-order valence-corrected chi connectivity index (χ4v) is 2.25. The van der Waals surface area contributed by atoms with Crippen LogP contribution in [-0.4, -0.2) is 29.4 Å². The van der Waals surface area contributed by atoms with Gasteiger partial charge in [-0.05, 0) is 18.2 Å². The van der Waals surface area contributed by atoms with E-state index in [4.69, 9.17) is 22.4 Å². The SMILES string of the molecule is NC(=O)C1CC(=O)N(c2ccc(C(=O)O)c(Cl)c2)C1. The van der Waals surface area contributed by atoms with Crippen molar-refractivity contribution in [3.8, 4) is 0 Å². The minimum atomic E-state index is -1.14. The van der Waals surface area contributed by atoms with Crippen LogP contribution in [0.5, 0.6) is 0 Å². The molecule has 3 N–H and O–H groups in total. The Kier molecular flexibility index (Phi) is 3.44. The maximum Gasteiger partial charge on any atom is 0.337 e. The van der Waals surface area contributed by atoms with Crippen molar-refractivity contribution in [3.05, 3.63) is 28.8 Å². The molecule has 6 nitrogen and oxygen atoms in total. The van der Waals surface area contributed by atoms with E-state index in [2.05, 4.69) is 0 Å². The second-order valence-corrected chi connectivity index (χ2v) is 4.68. The van der Waals surface area contributed by atoms with Gasteiger partial charge in [-0.2, -0.15) is 0 Å². The van der Waals surface area contributed by atoms with Crippen LogP contribution in [0.15, 0.2) is 18.2 Å². The lowest BCUT2D eigenvalue weighted by atomic mass is 10.1. The summed E-state index contributed by atoms with van der Waals surface area (Å²) in [7, 11) is 0. The van der Waals surface area contributed by atoms with Gasteiger partial charge in [-0.3, -0.25) is 9.59 Å². The first kappa shape index (κ1) is 13.4. The van der Waals surface area contributed by atoms with Gasteiger partial charge in [-0.25, -0.2) is 4.79 Å². The van der Waals surface area contributed by atoms with Gasteiger partial charge in [0.1, 0.15) is 0 Å². The Balaban J connectivity index is 2.28. The zero-order valence-electron chi connectivity index (χ0n) is 9.80. The summed E-state index contributed by atoms with van der Waals surface area (Å²) in [5.41, 5.74) is 5.60. The third kappa shape index (κ3) is 2.53. The van der Waals surface area contributed by atoms with E-state index in [-0.39, 0.29) is 29.5 Å². The number of benzene rings is 1. The normalized spacial score (nSPS) is 18.7. The fraction of sp³-hybridized carbons (Fsp3) is 0.250. The Morgan fingerprint density at radius 1 is 1.42 bits per heavy atom. The summed E-state index contributed by atoms with van der Waals surface area (Å²) in [5.74, 6) is -2.42. The summed E-state index contributed by atoms with van der Waals surface area (Å²) >= 11 is 5.84. The van der Waals surface area contributed by atoms with Gasteiger partial charge in [-0.1, -0.05) is 11.6 Å². The number of anilines is 1. The van der Waals surface area contributed by atoms with Crippen molar-refractivity contribution in [1.82, 2.24) is 0 Å². The largest absolute Gasteiger partial charge is 0.478 e. The van der Waals surface area contributed by atoms with Gasteiger partial charge in [0.2, 0.25) is 11.8 Å². The number of amides is 2. The van der Waals surface area contributed by atoms with Crippen LogP contribution in [-0.2, 0) is 9.59 Å². The second kappa shape index (κ2) is 4.89. The van der Waals surface area contributed by atoms with Crippen molar-refractivity contribution in [2.45, 2.75) is 6.42 Å². The lowest BCUT2D eigenvalue weighted by Gasteiger charge is -2.17. The summed E-state index contributed by atoms with van der Waals surface area (Å²) in [6.45, 7) is 0.191. The van der Waals surface area contributed by atoms with E-state index >= 15 is 0 Å². The molecule has 100 valence electrons. The van der Waals surface area contributed by atoms with Crippen LogP contribution in [0, 0.1) is 5.92 Å². The van der Waals surface area contributed by atoms with E-state index in [1.54, 1.807) is 0 Å². The highest BCUT2D eigenvalue weighted by molar-refractivity contribution is 6.33. The molecule has 0 bridgehead atoms. The third-order valence-corrected chi connectivity index (χ3v) is 3.33. The minimum absolute atomic E-state index is 0.0384. The number of nitrogens with two attached hydrogens (primary N) is 1. The van der Waals surface area contributed by atoms with Crippen LogP contribution in [0.4, 0.5) is 5.69 Å². The Bertz CT molecular complexity index is 573. The summed E-state index contributed by atoms with van der Waals surface area (Å²) in [6, 6.07) is 4.20. The third-order valence-electron chi connectivity index (χ3n) is 3.02. The van der Waals surface area contributed by atoms with Crippen molar-refractivity contribution in [2.24, 2.45) is 11.7 Å². The number of hydrogen-bond acceptors (Lipinski definition) is 3. The molecule has 1 atom stereocenters. The highest BCUT2D eigenvalue weighted by atomic mass is 35.5. The minimum Gasteiger partial charge on any atom is -0.478 e. The number of carbonyl (C=O) groups is 3. The number of aromatic carboxylic acids is 1. The average molecular weight is 283 g/mol. The zero-order valence-corrected chi connectivity index (χ0v) is 10.6. The predicted octanol–water partition coefficient (Wildman–Crippen LogP) is 0.876. The summed E-state index contributed by atoms with van der Waals surface area (Å²) in [4.78, 5) is 35.1. The van der Waals surface area contributed by atoms with Crippen LogP contribution in [0.25, 0.3) is 0 Å². The Hall–Kier alpha value is -2.08. The molecule has 0 aromatic heterocycles. The molecule has 1 aliphatic rings. The molecule has 2 rings (SSSR count). The van der Waals surface area contributed by atoms with E-state index < -0.39 is 17.8 Å². The topological polar surface area (TPSA) is 101 Å². The smallest absolute Gasteiger partial charge is 0.337 e. The maximum atomic E-state index is 11.8. The summed E-state index contributed by atoms with van der Waals surface area (Å²) in [5, 5.41) is 8.90. The number of nitrogens with zero attached hydrogens (tertiary/aromatic N) is 1. The van der Waals surface area contributed by atoms with Crippen LogP contribution in [0.3, 0.4) is 0 Å². The number of rotatable bonds is 3. The Labute approximate surface area is 113 Å². The van der Waals surface area contributed by atoms with Crippen LogP contribution in [0.2, 0.25) is 5.02 Å². The molecule has 1 unspecified atom stereocenters. The van der Waals surface area contributed by atoms with Gasteiger partial charge in [0, 0.05) is 18.7 Å². The van der Waals surface area contributed by atoms with Crippen molar-refractivity contribution in [3.63, 3.8) is 0 Å². The molecule has 1 saturated heterocycles. The second-order valence-electron chi connectivity index (χ2n) is 4.28. The van der Waals surface area contributed by atoms with Crippen molar-refractivity contribution in [1.29, 1.82) is 0 Å². The molecule has 2 amide bonds. The molecule has 1 aromatic carbocycles. The molecule has 0 saturated carbocycles. The highest BCUT2D eigenvalue weighted by Gasteiger charge is 2.34. The molecular formula is C12H11ClN2O4. The number of carboxylic acid groups (broad SMARTS) is 1. The van der Waals surface area contributed by atoms with Crippen molar-refractivity contribution < 1.29 is 19.5 Å². The van der Waals surface area contributed by atoms with E-state index in [1.807, 2.05) is 0 Å². The highest BCUT2D eigenvalue weighted by Crippen LogP contribution is 2.28. The van der Waals surface area contributed by atoms with Crippen LogP contribution in [0.1, 0.15) is 16.8 Å². The zero-order chi connectivity index (χ0) is 14.2. The number of halogens is 1. The average Bonchev–Trinajstić information content (AvgIpc) is 2.71. The van der Waals surface area contributed by atoms with E-state index in [0.29, 0.717) is 5.69 Å².